The predicted octanol–water partition coefficient (Wildman–Crippen LogP) is 4.41. The number of carbonyl (C=O) groups is 2. The summed E-state index contributed by atoms with van der Waals surface area (Å²) in [7, 11) is 0. The van der Waals surface area contributed by atoms with Crippen LogP contribution in [0.25, 0.3) is 0 Å². The summed E-state index contributed by atoms with van der Waals surface area (Å²) >= 11 is 0. The molecule has 2 N–H and O–H groups in total. The Morgan fingerprint density at radius 2 is 1.87 bits per heavy atom. The minimum Gasteiger partial charge on any atom is -0.463 e. The van der Waals surface area contributed by atoms with Crippen molar-refractivity contribution in [3.05, 3.63) is 95.5 Å². The van der Waals surface area contributed by atoms with Gasteiger partial charge in [0.05, 0.1) is 18.2 Å². The van der Waals surface area contributed by atoms with Gasteiger partial charge >= 0.3 is 12.1 Å². The first-order valence-electron chi connectivity index (χ1n) is 9.91. The number of alkyl carbamates (subject to hydrolysis) is 1. The summed E-state index contributed by atoms with van der Waals surface area (Å²) < 4.78 is 24.2. The quantitative estimate of drug-likeness (QED) is 0.334. The summed E-state index contributed by atoms with van der Waals surface area (Å²) in [5.74, 6) is -1.12. The number of benzene rings is 2. The second-order valence-electron chi connectivity index (χ2n) is 6.62. The second kappa shape index (κ2) is 12.2. The van der Waals surface area contributed by atoms with Crippen LogP contribution in [0.2, 0.25) is 0 Å². The Balaban J connectivity index is 2.44. The molecular formula is C24H27FN2O4. The molecule has 0 heterocycles. The molecule has 1 atom stereocenters. The van der Waals surface area contributed by atoms with Crippen LogP contribution in [0.15, 0.2) is 78.5 Å². The third-order valence-corrected chi connectivity index (χ3v) is 4.37. The van der Waals surface area contributed by atoms with Gasteiger partial charge in [0, 0.05) is 12.2 Å². The van der Waals surface area contributed by atoms with Gasteiger partial charge in [-0.05, 0) is 37.1 Å². The Morgan fingerprint density at radius 3 is 2.52 bits per heavy atom. The lowest BCUT2D eigenvalue weighted by Gasteiger charge is -2.24. The highest BCUT2D eigenvalue weighted by Gasteiger charge is 2.29. The van der Waals surface area contributed by atoms with Gasteiger partial charge in [0.2, 0.25) is 0 Å². The van der Waals surface area contributed by atoms with E-state index < -0.39 is 23.9 Å². The molecule has 164 valence electrons. The Morgan fingerprint density at radius 1 is 1.13 bits per heavy atom. The van der Waals surface area contributed by atoms with Gasteiger partial charge < -0.3 is 20.1 Å². The summed E-state index contributed by atoms with van der Waals surface area (Å²) in [5.41, 5.74) is 2.02. The van der Waals surface area contributed by atoms with Crippen molar-refractivity contribution in [2.45, 2.75) is 26.4 Å². The van der Waals surface area contributed by atoms with Crippen molar-refractivity contribution in [2.24, 2.45) is 0 Å². The number of nitrogens with one attached hydrogen (secondary N) is 2. The SMILES string of the molecule is C=CCOC(=O)NC(/C(C(=O)OCC)=C(\C)NCc1ccccc1)c1cccc(F)c1. The topological polar surface area (TPSA) is 76.7 Å². The monoisotopic (exact) mass is 426 g/mol. The molecule has 31 heavy (non-hydrogen) atoms. The normalized spacial score (nSPS) is 12.2. The highest BCUT2D eigenvalue weighted by Crippen LogP contribution is 2.26. The lowest BCUT2D eigenvalue weighted by molar-refractivity contribution is -0.139. The average Bonchev–Trinajstić information content (AvgIpc) is 2.76. The molecule has 0 bridgehead atoms. The second-order valence-corrected chi connectivity index (χ2v) is 6.62. The fourth-order valence-corrected chi connectivity index (χ4v) is 2.92. The van der Waals surface area contributed by atoms with Gasteiger partial charge in [0.1, 0.15) is 12.4 Å². The average molecular weight is 426 g/mol. The summed E-state index contributed by atoms with van der Waals surface area (Å²) in [6, 6.07) is 14.3. The van der Waals surface area contributed by atoms with Crippen molar-refractivity contribution in [1.29, 1.82) is 0 Å². The molecule has 2 aromatic carbocycles. The Kier molecular flexibility index (Phi) is 9.29. The van der Waals surface area contributed by atoms with Crippen molar-refractivity contribution in [3.63, 3.8) is 0 Å². The number of hydrogen-bond acceptors (Lipinski definition) is 5. The van der Waals surface area contributed by atoms with Gasteiger partial charge in [0.25, 0.3) is 0 Å². The van der Waals surface area contributed by atoms with Crippen LogP contribution in [0.4, 0.5) is 9.18 Å². The highest BCUT2D eigenvalue weighted by molar-refractivity contribution is 5.91. The fourth-order valence-electron chi connectivity index (χ4n) is 2.92. The number of esters is 1. The van der Waals surface area contributed by atoms with E-state index in [0.717, 1.165) is 5.56 Å². The molecule has 0 saturated carbocycles. The summed E-state index contributed by atoms with van der Waals surface area (Å²) in [6.45, 7) is 7.48. The molecule has 0 saturated heterocycles. The van der Waals surface area contributed by atoms with Crippen LogP contribution < -0.4 is 10.6 Å². The Hall–Kier alpha value is -3.61. The third kappa shape index (κ3) is 7.29. The molecule has 0 aliphatic rings. The van der Waals surface area contributed by atoms with E-state index in [4.69, 9.17) is 9.47 Å². The molecule has 0 aromatic heterocycles. The number of halogens is 1. The van der Waals surface area contributed by atoms with E-state index in [1.54, 1.807) is 19.9 Å². The van der Waals surface area contributed by atoms with Gasteiger partial charge in [-0.2, -0.15) is 0 Å². The lowest BCUT2D eigenvalue weighted by atomic mass is 9.96. The van der Waals surface area contributed by atoms with Gasteiger partial charge in [-0.3, -0.25) is 0 Å². The molecule has 0 spiro atoms. The molecule has 2 aromatic rings. The van der Waals surface area contributed by atoms with Crippen LogP contribution in [-0.2, 0) is 20.8 Å². The minimum atomic E-state index is -0.990. The van der Waals surface area contributed by atoms with Crippen LogP contribution in [0.5, 0.6) is 0 Å². The van der Waals surface area contributed by atoms with Gasteiger partial charge in [0.15, 0.2) is 0 Å². The Bertz CT molecular complexity index is 928. The van der Waals surface area contributed by atoms with E-state index in [2.05, 4.69) is 17.2 Å². The largest absolute Gasteiger partial charge is 0.463 e. The molecule has 0 fully saturated rings. The fraction of sp³-hybridized carbons (Fsp3) is 0.250. The molecule has 7 heteroatoms. The van der Waals surface area contributed by atoms with E-state index in [-0.39, 0.29) is 18.8 Å². The van der Waals surface area contributed by atoms with E-state index in [0.29, 0.717) is 17.8 Å². The lowest BCUT2D eigenvalue weighted by Crippen LogP contribution is -2.35. The molecule has 0 aliphatic heterocycles. The first kappa shape index (κ1) is 23.7. The first-order chi connectivity index (χ1) is 15.0. The summed E-state index contributed by atoms with van der Waals surface area (Å²) in [5, 5.41) is 5.84. The molecule has 0 aliphatic carbocycles. The maximum absolute atomic E-state index is 13.9. The first-order valence-corrected chi connectivity index (χ1v) is 9.91. The zero-order valence-corrected chi connectivity index (χ0v) is 17.7. The molecule has 1 amide bonds. The maximum atomic E-state index is 13.9. The molecule has 0 radical (unpaired) electrons. The van der Waals surface area contributed by atoms with E-state index in [1.165, 1.54) is 24.3 Å². The Labute approximate surface area is 181 Å². The van der Waals surface area contributed by atoms with Crippen LogP contribution in [-0.4, -0.2) is 25.3 Å². The standard InChI is InChI=1S/C24H27FN2O4/c1-4-14-31-24(29)27-22(19-12-9-13-20(25)15-19)21(23(28)30-5-2)17(3)26-16-18-10-7-6-8-11-18/h4,6-13,15,22,26H,1,5,14,16H2,2-3H3,(H,27,29)/b21-17-. The molecule has 6 nitrogen and oxygen atoms in total. The summed E-state index contributed by atoms with van der Waals surface area (Å²) in [6.07, 6.45) is 0.651. The molecule has 2 rings (SSSR count). The number of carbonyl (C=O) groups excluding carboxylic acids is 2. The van der Waals surface area contributed by atoms with E-state index in [9.17, 15) is 14.0 Å². The van der Waals surface area contributed by atoms with Crippen LogP contribution in [0, 0.1) is 5.82 Å². The maximum Gasteiger partial charge on any atom is 0.408 e. The van der Waals surface area contributed by atoms with E-state index >= 15 is 0 Å². The molecule has 1 unspecified atom stereocenters. The van der Waals surface area contributed by atoms with Gasteiger partial charge in [-0.25, -0.2) is 14.0 Å². The number of hydrogen-bond donors (Lipinski definition) is 2. The number of rotatable bonds is 10. The van der Waals surface area contributed by atoms with Crippen molar-refractivity contribution in [2.75, 3.05) is 13.2 Å². The van der Waals surface area contributed by atoms with Crippen molar-refractivity contribution < 1.29 is 23.5 Å². The zero-order chi connectivity index (χ0) is 22.6. The number of allylic oxidation sites excluding steroid dienone is 1. The van der Waals surface area contributed by atoms with Crippen molar-refractivity contribution in [1.82, 2.24) is 10.6 Å². The van der Waals surface area contributed by atoms with Crippen molar-refractivity contribution >= 4 is 12.1 Å². The predicted molar refractivity (Wildman–Crippen MR) is 116 cm³/mol. The smallest absolute Gasteiger partial charge is 0.408 e. The minimum absolute atomic E-state index is 0.00853. The van der Waals surface area contributed by atoms with Gasteiger partial charge in [-0.15, -0.1) is 0 Å². The van der Waals surface area contributed by atoms with Crippen LogP contribution in [0.3, 0.4) is 0 Å². The number of amides is 1. The zero-order valence-electron chi connectivity index (χ0n) is 17.7. The van der Waals surface area contributed by atoms with Crippen LogP contribution in [0.1, 0.15) is 31.0 Å². The summed E-state index contributed by atoms with van der Waals surface area (Å²) in [4.78, 5) is 25.2. The van der Waals surface area contributed by atoms with Crippen LogP contribution >= 0.6 is 0 Å². The molecular weight excluding hydrogens is 399 g/mol. The van der Waals surface area contributed by atoms with Gasteiger partial charge in [-0.1, -0.05) is 55.1 Å². The van der Waals surface area contributed by atoms with Crippen molar-refractivity contribution in [3.8, 4) is 0 Å². The third-order valence-electron chi connectivity index (χ3n) is 4.37. The number of ether oxygens (including phenoxy) is 2. The van der Waals surface area contributed by atoms with E-state index in [1.807, 2.05) is 30.3 Å². The highest BCUT2D eigenvalue weighted by atomic mass is 19.1.